The van der Waals surface area contributed by atoms with Gasteiger partial charge in [0.25, 0.3) is 0 Å². The van der Waals surface area contributed by atoms with Crippen molar-refractivity contribution in [2.45, 2.75) is 19.8 Å². The lowest BCUT2D eigenvalue weighted by Crippen LogP contribution is -2.50. The van der Waals surface area contributed by atoms with E-state index in [2.05, 4.69) is 52.0 Å². The minimum Gasteiger partial charge on any atom is -0.496 e. The van der Waals surface area contributed by atoms with Crippen LogP contribution in [0.2, 0.25) is 0 Å². The van der Waals surface area contributed by atoms with Gasteiger partial charge in [0.05, 0.1) is 25.3 Å². The first-order valence-electron chi connectivity index (χ1n) is 20.4. The van der Waals surface area contributed by atoms with Gasteiger partial charge in [-0.05, 0) is 97.5 Å². The summed E-state index contributed by atoms with van der Waals surface area (Å²) in [6, 6.07) is 23.4. The number of rotatable bonds is 8. The molecule has 0 aliphatic carbocycles. The number of aliphatic hydroxyl groups is 1. The van der Waals surface area contributed by atoms with Crippen LogP contribution in [0.25, 0.3) is 44.1 Å². The lowest BCUT2D eigenvalue weighted by molar-refractivity contribution is 0.136. The quantitative estimate of drug-likeness (QED) is 0.104. The second kappa shape index (κ2) is 18.6. The number of hydrogen-bond acceptors (Lipinski definition) is 10. The van der Waals surface area contributed by atoms with Crippen molar-refractivity contribution in [1.82, 2.24) is 40.2 Å². The number of anilines is 3. The third kappa shape index (κ3) is 9.07. The number of nitrogens with zero attached hydrogens (tertiary/aromatic N) is 7. The van der Waals surface area contributed by atoms with Crippen molar-refractivity contribution in [1.29, 1.82) is 0 Å². The lowest BCUT2D eigenvalue weighted by Gasteiger charge is -2.34. The van der Waals surface area contributed by atoms with Gasteiger partial charge in [0.2, 0.25) is 5.95 Å². The van der Waals surface area contributed by atoms with E-state index in [1.807, 2.05) is 55.5 Å². The highest BCUT2D eigenvalue weighted by molar-refractivity contribution is 6.01. The van der Waals surface area contributed by atoms with Crippen LogP contribution in [0.3, 0.4) is 0 Å². The van der Waals surface area contributed by atoms with Gasteiger partial charge in [0, 0.05) is 80.2 Å². The molecule has 0 bridgehead atoms. The molecule has 2 fully saturated rings. The average Bonchev–Trinajstić information content (AvgIpc) is 3.92. The van der Waals surface area contributed by atoms with E-state index in [0.717, 1.165) is 62.7 Å². The van der Waals surface area contributed by atoms with Gasteiger partial charge in [-0.15, -0.1) is 0 Å². The van der Waals surface area contributed by atoms with E-state index in [1.165, 1.54) is 12.1 Å². The number of fused-ring (bicyclic) bond motifs is 2. The minimum absolute atomic E-state index is 0.111. The van der Waals surface area contributed by atoms with E-state index in [0.29, 0.717) is 68.2 Å². The Balaban J connectivity index is 0.000000172. The number of H-pyrrole nitrogens is 2. The number of aliphatic hydroxyl groups excluding tert-OH is 1. The fourth-order valence-corrected chi connectivity index (χ4v) is 7.84. The molecular formula is C45H48FN11O5. The molecule has 2 saturated heterocycles. The monoisotopic (exact) mass is 841 g/mol. The summed E-state index contributed by atoms with van der Waals surface area (Å²) in [5.74, 6) is 2.82. The van der Waals surface area contributed by atoms with E-state index in [1.54, 1.807) is 48.5 Å². The van der Waals surface area contributed by atoms with E-state index in [9.17, 15) is 19.1 Å². The summed E-state index contributed by atoms with van der Waals surface area (Å²) in [5.41, 5.74) is 6.16. The topological polar surface area (TPSA) is 190 Å². The van der Waals surface area contributed by atoms with Gasteiger partial charge in [-0.1, -0.05) is 23.8 Å². The molecule has 2 aliphatic rings. The second-order valence-electron chi connectivity index (χ2n) is 15.2. The van der Waals surface area contributed by atoms with Crippen molar-refractivity contribution in [3.63, 3.8) is 0 Å². The minimum atomic E-state index is -0.345. The van der Waals surface area contributed by atoms with Crippen molar-refractivity contribution >= 4 is 51.5 Å². The van der Waals surface area contributed by atoms with E-state index >= 15 is 0 Å². The molecule has 0 saturated carbocycles. The highest BCUT2D eigenvalue weighted by atomic mass is 19.1. The number of carbonyl (C=O) groups excluding carboxylic acids is 2. The number of aromatic amines is 2. The Kier molecular flexibility index (Phi) is 12.4. The number of carbonyl (C=O) groups is 2. The van der Waals surface area contributed by atoms with Crippen LogP contribution in [0.4, 0.5) is 31.6 Å². The number of nitrogens with one attached hydrogen (secondary N) is 4. The molecular weight excluding hydrogens is 794 g/mol. The summed E-state index contributed by atoms with van der Waals surface area (Å²) in [6.07, 6.45) is 5.28. The Hall–Kier alpha value is -7.27. The fraction of sp³-hybridized carbons (Fsp3) is 0.289. The van der Waals surface area contributed by atoms with Crippen LogP contribution in [0, 0.1) is 18.7 Å². The molecule has 5 heterocycles. The third-order valence-electron chi connectivity index (χ3n) is 11.2. The molecule has 1 atom stereocenters. The van der Waals surface area contributed by atoms with Gasteiger partial charge in [-0.25, -0.2) is 23.9 Å². The number of methoxy groups -OCH3 is 2. The Labute approximate surface area is 357 Å². The molecule has 1 unspecified atom stereocenters. The predicted octanol–water partition coefficient (Wildman–Crippen LogP) is 7.30. The Morgan fingerprint density at radius 2 is 1.34 bits per heavy atom. The summed E-state index contributed by atoms with van der Waals surface area (Å²) in [4.78, 5) is 39.5. The maximum Gasteiger partial charge on any atom is 0.323 e. The number of halogens is 1. The molecule has 0 spiro atoms. The number of benzene rings is 4. The largest absolute Gasteiger partial charge is 0.496 e. The Bertz CT molecular complexity index is 2680. The third-order valence-corrected chi connectivity index (χ3v) is 11.2. The number of likely N-dealkylation sites (tertiary alicyclic amines) is 1. The fourth-order valence-electron chi connectivity index (χ4n) is 7.84. The van der Waals surface area contributed by atoms with Gasteiger partial charge in [-0.3, -0.25) is 20.8 Å². The Morgan fingerprint density at radius 3 is 1.94 bits per heavy atom. The van der Waals surface area contributed by atoms with E-state index in [-0.39, 0.29) is 30.4 Å². The molecule has 16 nitrogen and oxygen atoms in total. The van der Waals surface area contributed by atoms with Crippen molar-refractivity contribution in [3.05, 3.63) is 103 Å². The van der Waals surface area contributed by atoms with E-state index < -0.39 is 0 Å². The summed E-state index contributed by atoms with van der Waals surface area (Å²) in [5, 5.41) is 31.3. The first kappa shape index (κ1) is 41.5. The SMILES string of the molecule is COc1ccc(C)cc1-c1ccc2c(NC(=O)N3CCCC(CO)C3)n[nH]c2c1.COc1ccc(F)cc1-c1ccc2c(NC(=O)N3CCN(c4ncccn4)CC3)n[nH]c2c1. The molecule has 4 aromatic carbocycles. The zero-order chi connectivity index (χ0) is 43.2. The summed E-state index contributed by atoms with van der Waals surface area (Å²) in [7, 11) is 3.21. The van der Waals surface area contributed by atoms with Crippen LogP contribution < -0.4 is 25.0 Å². The van der Waals surface area contributed by atoms with Gasteiger partial charge in [0.15, 0.2) is 11.6 Å². The zero-order valence-electron chi connectivity index (χ0n) is 34.7. The van der Waals surface area contributed by atoms with Crippen LogP contribution in [0.15, 0.2) is 91.3 Å². The molecule has 62 heavy (non-hydrogen) atoms. The normalized spacial score (nSPS) is 15.2. The Morgan fingerprint density at radius 1 is 0.758 bits per heavy atom. The van der Waals surface area contributed by atoms with Crippen LogP contribution in [0.5, 0.6) is 11.5 Å². The number of hydrogen-bond donors (Lipinski definition) is 5. The number of ether oxygens (including phenoxy) is 2. The highest BCUT2D eigenvalue weighted by Crippen LogP contribution is 2.35. The molecule has 9 rings (SSSR count). The van der Waals surface area contributed by atoms with Gasteiger partial charge >= 0.3 is 12.1 Å². The highest BCUT2D eigenvalue weighted by Gasteiger charge is 2.25. The summed E-state index contributed by atoms with van der Waals surface area (Å²) < 4.78 is 24.7. The van der Waals surface area contributed by atoms with Crippen molar-refractivity contribution in [3.8, 4) is 33.8 Å². The lowest BCUT2D eigenvalue weighted by atomic mass is 9.99. The van der Waals surface area contributed by atoms with Gasteiger partial charge < -0.3 is 29.3 Å². The maximum atomic E-state index is 13.8. The van der Waals surface area contributed by atoms with Crippen molar-refractivity contribution < 1.29 is 28.6 Å². The molecule has 2 aliphatic heterocycles. The molecule has 5 N–H and O–H groups in total. The van der Waals surface area contributed by atoms with Crippen LogP contribution >= 0.6 is 0 Å². The average molecular weight is 842 g/mol. The summed E-state index contributed by atoms with van der Waals surface area (Å²) in [6.45, 7) is 5.83. The molecule has 17 heteroatoms. The van der Waals surface area contributed by atoms with Crippen molar-refractivity contribution in [2.75, 3.05) is 75.6 Å². The number of aromatic nitrogens is 6. The van der Waals surface area contributed by atoms with Gasteiger partial charge in [-0.2, -0.15) is 10.2 Å². The first-order chi connectivity index (χ1) is 30.2. The predicted molar refractivity (Wildman–Crippen MR) is 236 cm³/mol. The van der Waals surface area contributed by atoms with Gasteiger partial charge in [0.1, 0.15) is 17.3 Å². The van der Waals surface area contributed by atoms with Crippen LogP contribution in [-0.4, -0.2) is 117 Å². The number of urea groups is 2. The number of piperidine rings is 1. The second-order valence-corrected chi connectivity index (χ2v) is 15.2. The first-order valence-corrected chi connectivity index (χ1v) is 20.4. The zero-order valence-corrected chi connectivity index (χ0v) is 34.7. The van der Waals surface area contributed by atoms with Crippen LogP contribution in [0.1, 0.15) is 18.4 Å². The summed E-state index contributed by atoms with van der Waals surface area (Å²) >= 11 is 0. The molecule has 320 valence electrons. The maximum absolute atomic E-state index is 13.8. The van der Waals surface area contributed by atoms with Crippen LogP contribution in [-0.2, 0) is 0 Å². The number of amides is 4. The molecule has 4 amide bonds. The standard InChI is InChI=1S/C23H22FN7O2.C22H26N4O3/c1-33-20-6-4-16(24)14-18(20)15-3-5-17-19(13-15)28-29-21(17)27-23(32)31-11-9-30(10-12-31)22-25-7-2-8-26-22;1-14-5-8-20(29-2)18(10-14)16-6-7-17-19(11-16)24-25-21(17)23-22(28)26-9-3-4-15(12-26)13-27/h2-8,13-14H,9-12H2,1H3,(H2,27,28,29,32);5-8,10-11,15,27H,3-4,9,12-13H2,1-2H3,(H2,23,24,25,28). The molecule has 0 radical (unpaired) electrons. The van der Waals surface area contributed by atoms with Crippen molar-refractivity contribution in [2.24, 2.45) is 5.92 Å². The smallest absolute Gasteiger partial charge is 0.323 e. The number of piperazine rings is 1. The number of aryl methyl sites for hydroxylation is 1. The molecule has 3 aromatic heterocycles. The molecule has 7 aromatic rings. The van der Waals surface area contributed by atoms with E-state index in [4.69, 9.17) is 9.47 Å².